The molecule has 1 fully saturated rings. The van der Waals surface area contributed by atoms with Crippen LogP contribution in [0.3, 0.4) is 0 Å². The third-order valence-electron chi connectivity index (χ3n) is 4.01. The van der Waals surface area contributed by atoms with Crippen LogP contribution in [-0.2, 0) is 13.1 Å². The Kier molecular flexibility index (Phi) is 4.18. The van der Waals surface area contributed by atoms with Crippen molar-refractivity contribution in [1.82, 2.24) is 15.1 Å². The van der Waals surface area contributed by atoms with Gasteiger partial charge >= 0.3 is 0 Å². The molecule has 0 radical (unpaired) electrons. The van der Waals surface area contributed by atoms with Crippen molar-refractivity contribution in [1.29, 1.82) is 0 Å². The van der Waals surface area contributed by atoms with Crippen molar-refractivity contribution in [3.05, 3.63) is 18.0 Å². The lowest BCUT2D eigenvalue weighted by atomic mass is 9.67. The fourth-order valence-electron chi connectivity index (χ4n) is 2.53. The Bertz CT molecular complexity index is 339. The van der Waals surface area contributed by atoms with Crippen molar-refractivity contribution < 1.29 is 5.11 Å². The second-order valence-corrected chi connectivity index (χ2v) is 5.15. The van der Waals surface area contributed by atoms with Crippen LogP contribution in [0.1, 0.15) is 38.2 Å². The molecule has 0 aromatic carbocycles. The van der Waals surface area contributed by atoms with Crippen molar-refractivity contribution in [2.24, 2.45) is 5.41 Å². The first-order valence-electron chi connectivity index (χ1n) is 6.61. The average molecular weight is 237 g/mol. The van der Waals surface area contributed by atoms with Gasteiger partial charge in [-0.25, -0.2) is 0 Å². The fourth-order valence-corrected chi connectivity index (χ4v) is 2.53. The molecule has 0 bridgehead atoms. The molecule has 2 rings (SSSR count). The summed E-state index contributed by atoms with van der Waals surface area (Å²) in [6, 6.07) is 0. The highest BCUT2D eigenvalue weighted by Gasteiger charge is 2.34. The van der Waals surface area contributed by atoms with Crippen LogP contribution in [0.15, 0.2) is 12.4 Å². The first-order chi connectivity index (χ1) is 8.28. The number of hydrogen-bond acceptors (Lipinski definition) is 3. The van der Waals surface area contributed by atoms with Crippen LogP contribution in [0, 0.1) is 5.41 Å². The Balaban J connectivity index is 1.73. The summed E-state index contributed by atoms with van der Waals surface area (Å²) in [5, 5.41) is 16.5. The number of rotatable bonds is 7. The lowest BCUT2D eigenvalue weighted by molar-refractivity contribution is 0.124. The van der Waals surface area contributed by atoms with E-state index in [0.29, 0.717) is 12.0 Å². The predicted molar refractivity (Wildman–Crippen MR) is 67.6 cm³/mol. The fraction of sp³-hybridized carbons (Fsp3) is 0.769. The molecule has 0 saturated heterocycles. The van der Waals surface area contributed by atoms with Gasteiger partial charge in [0.15, 0.2) is 0 Å². The smallest absolute Gasteiger partial charge is 0.0640 e. The number of aromatic nitrogens is 2. The van der Waals surface area contributed by atoms with E-state index in [1.54, 1.807) is 4.68 Å². The van der Waals surface area contributed by atoms with Gasteiger partial charge in [-0.05, 0) is 24.7 Å². The van der Waals surface area contributed by atoms with E-state index in [-0.39, 0.29) is 6.61 Å². The summed E-state index contributed by atoms with van der Waals surface area (Å²) in [5.74, 6) is 0. The molecule has 2 N–H and O–H groups in total. The average Bonchev–Trinajstić information content (AvgIpc) is 2.71. The lowest BCUT2D eigenvalue weighted by Gasteiger charge is -2.41. The molecule has 1 aliphatic carbocycles. The summed E-state index contributed by atoms with van der Waals surface area (Å²) in [5.41, 5.74) is 1.77. The van der Waals surface area contributed by atoms with Crippen molar-refractivity contribution in [2.45, 2.75) is 45.7 Å². The molecule has 96 valence electrons. The van der Waals surface area contributed by atoms with Gasteiger partial charge in [-0.15, -0.1) is 0 Å². The van der Waals surface area contributed by atoms with Gasteiger partial charge in [0.05, 0.1) is 19.3 Å². The molecule has 1 aromatic rings. The molecule has 1 aromatic heterocycles. The number of nitrogens with zero attached hydrogens (tertiary/aromatic N) is 2. The summed E-state index contributed by atoms with van der Waals surface area (Å²) in [7, 11) is 0. The molecule has 0 atom stereocenters. The highest BCUT2D eigenvalue weighted by molar-refractivity contribution is 5.03. The molecule has 1 aliphatic rings. The zero-order valence-electron chi connectivity index (χ0n) is 10.7. The first kappa shape index (κ1) is 12.6. The molecular weight excluding hydrogens is 214 g/mol. The number of aliphatic hydroxyl groups is 1. The Morgan fingerprint density at radius 3 is 2.94 bits per heavy atom. The topological polar surface area (TPSA) is 50.1 Å². The molecule has 0 aliphatic heterocycles. The van der Waals surface area contributed by atoms with E-state index < -0.39 is 0 Å². The first-order valence-corrected chi connectivity index (χ1v) is 6.61. The van der Waals surface area contributed by atoms with E-state index in [0.717, 1.165) is 13.1 Å². The summed E-state index contributed by atoms with van der Waals surface area (Å²) in [6.07, 6.45) is 9.30. The SMILES string of the molecule is CCC1(CNCc2cnn(CCO)c2)CCC1. The highest BCUT2D eigenvalue weighted by atomic mass is 16.3. The Hall–Kier alpha value is -0.870. The maximum Gasteiger partial charge on any atom is 0.0640 e. The second kappa shape index (κ2) is 5.65. The summed E-state index contributed by atoms with van der Waals surface area (Å²) in [6.45, 7) is 5.02. The van der Waals surface area contributed by atoms with Crippen LogP contribution in [-0.4, -0.2) is 28.0 Å². The number of aliphatic hydroxyl groups excluding tert-OH is 1. The van der Waals surface area contributed by atoms with Crippen molar-refractivity contribution in [3.8, 4) is 0 Å². The molecule has 1 heterocycles. The molecule has 4 nitrogen and oxygen atoms in total. The van der Waals surface area contributed by atoms with E-state index in [2.05, 4.69) is 17.3 Å². The van der Waals surface area contributed by atoms with Gasteiger partial charge in [-0.2, -0.15) is 5.10 Å². The monoisotopic (exact) mass is 237 g/mol. The minimum Gasteiger partial charge on any atom is -0.394 e. The van der Waals surface area contributed by atoms with E-state index in [1.165, 1.54) is 31.2 Å². The summed E-state index contributed by atoms with van der Waals surface area (Å²) in [4.78, 5) is 0. The van der Waals surface area contributed by atoms with Crippen molar-refractivity contribution in [3.63, 3.8) is 0 Å². The quantitative estimate of drug-likeness (QED) is 0.756. The van der Waals surface area contributed by atoms with E-state index in [4.69, 9.17) is 5.11 Å². The van der Waals surface area contributed by atoms with Crippen molar-refractivity contribution in [2.75, 3.05) is 13.2 Å². The van der Waals surface area contributed by atoms with E-state index in [1.807, 2.05) is 12.4 Å². The summed E-state index contributed by atoms with van der Waals surface area (Å²) >= 11 is 0. The van der Waals surface area contributed by atoms with E-state index >= 15 is 0 Å². The van der Waals surface area contributed by atoms with Crippen LogP contribution in [0.4, 0.5) is 0 Å². The van der Waals surface area contributed by atoms with Gasteiger partial charge in [0, 0.05) is 24.8 Å². The molecule has 17 heavy (non-hydrogen) atoms. The molecule has 0 unspecified atom stereocenters. The van der Waals surface area contributed by atoms with Crippen LogP contribution in [0.25, 0.3) is 0 Å². The Morgan fingerprint density at radius 1 is 1.53 bits per heavy atom. The van der Waals surface area contributed by atoms with Gasteiger partial charge in [-0.3, -0.25) is 4.68 Å². The second-order valence-electron chi connectivity index (χ2n) is 5.15. The Morgan fingerprint density at radius 2 is 2.35 bits per heavy atom. The van der Waals surface area contributed by atoms with Crippen molar-refractivity contribution >= 4 is 0 Å². The Labute approximate surface area is 103 Å². The van der Waals surface area contributed by atoms with Crippen LogP contribution < -0.4 is 5.32 Å². The number of nitrogens with one attached hydrogen (secondary N) is 1. The zero-order chi connectivity index (χ0) is 12.1. The minimum absolute atomic E-state index is 0.146. The zero-order valence-corrected chi connectivity index (χ0v) is 10.7. The highest BCUT2D eigenvalue weighted by Crippen LogP contribution is 2.43. The third-order valence-corrected chi connectivity index (χ3v) is 4.01. The molecule has 0 spiro atoms. The number of hydrogen-bond donors (Lipinski definition) is 2. The minimum atomic E-state index is 0.146. The van der Waals surface area contributed by atoms with Gasteiger partial charge in [-0.1, -0.05) is 13.3 Å². The predicted octanol–water partition coefficient (Wildman–Crippen LogP) is 1.55. The van der Waals surface area contributed by atoms with Gasteiger partial charge in [0.25, 0.3) is 0 Å². The van der Waals surface area contributed by atoms with Crippen LogP contribution >= 0.6 is 0 Å². The maximum absolute atomic E-state index is 8.81. The molecule has 1 saturated carbocycles. The molecular formula is C13H23N3O. The normalized spacial score (nSPS) is 18.0. The standard InChI is InChI=1S/C13H23N3O/c1-2-13(4-3-5-13)11-14-8-12-9-15-16(10-12)6-7-17/h9-10,14,17H,2-8,11H2,1H3. The largest absolute Gasteiger partial charge is 0.394 e. The van der Waals surface area contributed by atoms with E-state index in [9.17, 15) is 0 Å². The lowest BCUT2D eigenvalue weighted by Crippen LogP contribution is -2.39. The van der Waals surface area contributed by atoms with Gasteiger partial charge in [0.2, 0.25) is 0 Å². The molecule has 4 heteroatoms. The van der Waals surface area contributed by atoms with Crippen LogP contribution in [0.2, 0.25) is 0 Å². The van der Waals surface area contributed by atoms with Gasteiger partial charge in [0.1, 0.15) is 0 Å². The molecule has 0 amide bonds. The third kappa shape index (κ3) is 3.07. The maximum atomic E-state index is 8.81. The van der Waals surface area contributed by atoms with Crippen LogP contribution in [0.5, 0.6) is 0 Å². The van der Waals surface area contributed by atoms with Gasteiger partial charge < -0.3 is 10.4 Å². The summed E-state index contributed by atoms with van der Waals surface area (Å²) < 4.78 is 1.79.